The molecule has 1 heterocycles. The Bertz CT molecular complexity index is 390. The molecule has 0 aromatic heterocycles. The largest absolute Gasteiger partial charge is 0.311 e. The van der Waals surface area contributed by atoms with Crippen LogP contribution in [0, 0.1) is 5.92 Å². The monoisotopic (exact) mass is 288 g/mol. The summed E-state index contributed by atoms with van der Waals surface area (Å²) in [5.74, 6) is 0.795. The van der Waals surface area contributed by atoms with Crippen molar-refractivity contribution in [3.8, 4) is 0 Å². The minimum Gasteiger partial charge on any atom is -0.311 e. The second-order valence-electron chi connectivity index (χ2n) is 6.70. The molecule has 21 heavy (non-hydrogen) atoms. The molecule has 0 radical (unpaired) electrons. The van der Waals surface area contributed by atoms with E-state index in [0.717, 1.165) is 12.5 Å². The minimum atomic E-state index is 0.648. The van der Waals surface area contributed by atoms with E-state index in [4.69, 9.17) is 0 Å². The zero-order valence-corrected chi connectivity index (χ0v) is 14.0. The van der Waals surface area contributed by atoms with Gasteiger partial charge in [-0.15, -0.1) is 0 Å². The molecule has 1 aromatic rings. The number of piperazine rings is 1. The van der Waals surface area contributed by atoms with Gasteiger partial charge in [-0.3, -0.25) is 4.90 Å². The molecule has 0 spiro atoms. The van der Waals surface area contributed by atoms with E-state index in [1.807, 2.05) is 0 Å². The summed E-state index contributed by atoms with van der Waals surface area (Å²) >= 11 is 0. The van der Waals surface area contributed by atoms with Crippen molar-refractivity contribution >= 4 is 0 Å². The van der Waals surface area contributed by atoms with Gasteiger partial charge in [0.05, 0.1) is 0 Å². The highest BCUT2D eigenvalue weighted by atomic mass is 15.2. The van der Waals surface area contributed by atoms with Gasteiger partial charge in [0.1, 0.15) is 0 Å². The lowest BCUT2D eigenvalue weighted by Crippen LogP contribution is -2.57. The molecule has 0 saturated carbocycles. The van der Waals surface area contributed by atoms with Gasteiger partial charge in [0.2, 0.25) is 0 Å². The molecular formula is C19H32N2. The van der Waals surface area contributed by atoms with Crippen LogP contribution in [-0.2, 0) is 6.42 Å². The highest BCUT2D eigenvalue weighted by Gasteiger charge is 2.28. The maximum atomic E-state index is 3.77. The predicted molar refractivity (Wildman–Crippen MR) is 91.7 cm³/mol. The third kappa shape index (κ3) is 5.12. The number of hydrogen-bond donors (Lipinski definition) is 1. The third-order valence-corrected chi connectivity index (χ3v) is 4.81. The van der Waals surface area contributed by atoms with Gasteiger partial charge >= 0.3 is 0 Å². The maximum Gasteiger partial charge on any atom is 0.0261 e. The van der Waals surface area contributed by atoms with Crippen molar-refractivity contribution < 1.29 is 0 Å². The average molecular weight is 288 g/mol. The number of benzene rings is 1. The van der Waals surface area contributed by atoms with Crippen LogP contribution in [0.1, 0.15) is 45.6 Å². The second kappa shape index (κ2) is 8.55. The molecule has 3 atom stereocenters. The van der Waals surface area contributed by atoms with Crippen molar-refractivity contribution in [1.29, 1.82) is 0 Å². The highest BCUT2D eigenvalue weighted by molar-refractivity contribution is 5.16. The lowest BCUT2D eigenvalue weighted by molar-refractivity contribution is 0.108. The fourth-order valence-electron chi connectivity index (χ4n) is 3.31. The fourth-order valence-corrected chi connectivity index (χ4v) is 3.31. The Labute approximate surface area is 130 Å². The van der Waals surface area contributed by atoms with Crippen molar-refractivity contribution in [3.63, 3.8) is 0 Å². The summed E-state index contributed by atoms with van der Waals surface area (Å²) in [4.78, 5) is 2.75. The van der Waals surface area contributed by atoms with E-state index >= 15 is 0 Å². The molecule has 1 aliphatic heterocycles. The quantitative estimate of drug-likeness (QED) is 0.822. The van der Waals surface area contributed by atoms with Crippen molar-refractivity contribution in [2.24, 2.45) is 5.92 Å². The summed E-state index contributed by atoms with van der Waals surface area (Å²) in [5.41, 5.74) is 1.47. The van der Waals surface area contributed by atoms with Crippen molar-refractivity contribution in [2.45, 2.75) is 58.5 Å². The van der Waals surface area contributed by atoms with E-state index in [1.165, 1.54) is 44.3 Å². The lowest BCUT2D eigenvalue weighted by Gasteiger charge is -2.42. The summed E-state index contributed by atoms with van der Waals surface area (Å²) in [6.07, 6.45) is 5.02. The van der Waals surface area contributed by atoms with Crippen LogP contribution in [0.5, 0.6) is 0 Å². The van der Waals surface area contributed by atoms with Crippen molar-refractivity contribution in [2.75, 3.05) is 19.6 Å². The van der Waals surface area contributed by atoms with E-state index in [9.17, 15) is 0 Å². The summed E-state index contributed by atoms with van der Waals surface area (Å²) in [6.45, 7) is 10.6. The summed E-state index contributed by atoms with van der Waals surface area (Å²) in [5, 5.41) is 3.77. The molecule has 3 unspecified atom stereocenters. The Hall–Kier alpha value is -0.860. The SMILES string of the molecule is CCCC1CN(CC(C)CC)C(Cc2ccccc2)CN1. The van der Waals surface area contributed by atoms with Gasteiger partial charge in [0.25, 0.3) is 0 Å². The van der Waals surface area contributed by atoms with Gasteiger partial charge in [-0.05, 0) is 24.3 Å². The first-order valence-electron chi connectivity index (χ1n) is 8.74. The molecule has 1 N–H and O–H groups in total. The number of rotatable bonds is 7. The van der Waals surface area contributed by atoms with E-state index in [0.29, 0.717) is 12.1 Å². The zero-order chi connectivity index (χ0) is 15.1. The normalized spacial score (nSPS) is 24.9. The predicted octanol–water partition coefficient (Wildman–Crippen LogP) is 3.72. The zero-order valence-electron chi connectivity index (χ0n) is 14.0. The molecule has 1 aliphatic rings. The van der Waals surface area contributed by atoms with Gasteiger partial charge in [-0.2, -0.15) is 0 Å². The van der Waals surface area contributed by atoms with Crippen LogP contribution in [0.2, 0.25) is 0 Å². The Kier molecular flexibility index (Phi) is 6.72. The van der Waals surface area contributed by atoms with E-state index < -0.39 is 0 Å². The van der Waals surface area contributed by atoms with Gasteiger partial charge in [-0.1, -0.05) is 63.9 Å². The standard InChI is InChI=1S/C19H32N2/c1-4-9-18-15-21(14-16(3)5-2)19(13-20-18)12-17-10-7-6-8-11-17/h6-8,10-11,16,18-20H,4-5,9,12-15H2,1-3H3. The Morgan fingerprint density at radius 3 is 2.67 bits per heavy atom. The summed E-state index contributed by atoms with van der Waals surface area (Å²) < 4.78 is 0. The Morgan fingerprint density at radius 2 is 2.00 bits per heavy atom. The number of nitrogens with one attached hydrogen (secondary N) is 1. The molecule has 0 bridgehead atoms. The van der Waals surface area contributed by atoms with E-state index in [2.05, 4.69) is 61.3 Å². The summed E-state index contributed by atoms with van der Waals surface area (Å²) in [7, 11) is 0. The van der Waals surface area contributed by atoms with Crippen LogP contribution >= 0.6 is 0 Å². The molecule has 2 heteroatoms. The fraction of sp³-hybridized carbons (Fsp3) is 0.684. The molecule has 0 amide bonds. The van der Waals surface area contributed by atoms with Crippen molar-refractivity contribution in [1.82, 2.24) is 10.2 Å². The minimum absolute atomic E-state index is 0.648. The van der Waals surface area contributed by atoms with Crippen molar-refractivity contribution in [3.05, 3.63) is 35.9 Å². The number of hydrogen-bond acceptors (Lipinski definition) is 2. The Balaban J connectivity index is 1.99. The van der Waals surface area contributed by atoms with Crippen LogP contribution < -0.4 is 5.32 Å². The van der Waals surface area contributed by atoms with Crippen LogP contribution in [0.4, 0.5) is 0 Å². The number of nitrogens with zero attached hydrogens (tertiary/aromatic N) is 1. The van der Waals surface area contributed by atoms with Crippen LogP contribution in [0.25, 0.3) is 0 Å². The first-order valence-corrected chi connectivity index (χ1v) is 8.74. The molecule has 2 nitrogen and oxygen atoms in total. The average Bonchev–Trinajstić information content (AvgIpc) is 2.51. The van der Waals surface area contributed by atoms with Crippen LogP contribution in [-0.4, -0.2) is 36.6 Å². The molecule has 2 rings (SSSR count). The van der Waals surface area contributed by atoms with Gasteiger partial charge < -0.3 is 5.32 Å². The molecule has 1 saturated heterocycles. The first-order chi connectivity index (χ1) is 10.2. The maximum absolute atomic E-state index is 3.77. The lowest BCUT2D eigenvalue weighted by atomic mass is 9.97. The highest BCUT2D eigenvalue weighted by Crippen LogP contribution is 2.17. The van der Waals surface area contributed by atoms with E-state index in [-0.39, 0.29) is 0 Å². The molecular weight excluding hydrogens is 256 g/mol. The van der Waals surface area contributed by atoms with Crippen LogP contribution in [0.3, 0.4) is 0 Å². The van der Waals surface area contributed by atoms with Gasteiger partial charge in [-0.25, -0.2) is 0 Å². The van der Waals surface area contributed by atoms with Crippen LogP contribution in [0.15, 0.2) is 30.3 Å². The Morgan fingerprint density at radius 1 is 1.24 bits per heavy atom. The van der Waals surface area contributed by atoms with E-state index in [1.54, 1.807) is 0 Å². The first kappa shape index (κ1) is 16.5. The van der Waals surface area contributed by atoms with Gasteiger partial charge in [0.15, 0.2) is 0 Å². The summed E-state index contributed by atoms with van der Waals surface area (Å²) in [6, 6.07) is 12.3. The molecule has 0 aliphatic carbocycles. The third-order valence-electron chi connectivity index (χ3n) is 4.81. The topological polar surface area (TPSA) is 15.3 Å². The molecule has 1 fully saturated rings. The molecule has 1 aromatic carbocycles. The second-order valence-corrected chi connectivity index (χ2v) is 6.70. The molecule has 118 valence electrons. The van der Waals surface area contributed by atoms with Gasteiger partial charge in [0, 0.05) is 31.7 Å². The smallest absolute Gasteiger partial charge is 0.0261 e.